The highest BCUT2D eigenvalue weighted by atomic mass is 16.2. The van der Waals surface area contributed by atoms with Crippen molar-refractivity contribution in [3.63, 3.8) is 0 Å². The Balaban J connectivity index is 0.000000304. The predicted octanol–water partition coefficient (Wildman–Crippen LogP) is 8.01. The highest BCUT2D eigenvalue weighted by molar-refractivity contribution is 5.91. The van der Waals surface area contributed by atoms with Gasteiger partial charge in [-0.15, -0.1) is 0 Å². The number of hydrogen-bond acceptors (Lipinski definition) is 6. The Morgan fingerprint density at radius 1 is 0.981 bits per heavy atom. The van der Waals surface area contributed by atoms with Crippen molar-refractivity contribution in [2.24, 2.45) is 17.4 Å². The number of nitrogens with zero attached hydrogens (tertiary/aromatic N) is 4. The summed E-state index contributed by atoms with van der Waals surface area (Å²) in [5, 5.41) is 3.43. The minimum Gasteiger partial charge on any atom is -0.403 e. The molecule has 5 aromatic rings. The minimum atomic E-state index is 0.190. The molecule has 1 amide bonds. The van der Waals surface area contributed by atoms with E-state index in [1.807, 2.05) is 18.1 Å². The zero-order chi connectivity index (χ0) is 36.9. The van der Waals surface area contributed by atoms with Crippen LogP contribution in [0.15, 0.2) is 85.2 Å². The van der Waals surface area contributed by atoms with Gasteiger partial charge in [0.2, 0.25) is 5.91 Å². The summed E-state index contributed by atoms with van der Waals surface area (Å²) >= 11 is 0. The van der Waals surface area contributed by atoms with Crippen LogP contribution in [0.5, 0.6) is 0 Å². The Bertz CT molecular complexity index is 2010. The Labute approximate surface area is 309 Å². The molecule has 3 aliphatic heterocycles. The van der Waals surface area contributed by atoms with Crippen LogP contribution in [0.4, 0.5) is 0 Å². The molecule has 6 N–H and O–H groups in total. The van der Waals surface area contributed by atoms with Crippen LogP contribution < -0.4 is 16.9 Å². The lowest BCUT2D eigenvalue weighted by Crippen LogP contribution is -2.34. The van der Waals surface area contributed by atoms with Gasteiger partial charge in [-0.05, 0) is 98.5 Å². The third-order valence-electron chi connectivity index (χ3n) is 10.4. The number of imidazole rings is 1. The van der Waals surface area contributed by atoms with E-state index in [-0.39, 0.29) is 18.0 Å². The van der Waals surface area contributed by atoms with Crippen molar-refractivity contribution in [1.29, 1.82) is 0 Å². The van der Waals surface area contributed by atoms with Gasteiger partial charge in [0.15, 0.2) is 0 Å². The van der Waals surface area contributed by atoms with Crippen LogP contribution in [-0.4, -0.2) is 56.5 Å². The normalized spacial score (nSPS) is 19.9. The number of hydrogen-bond donors (Lipinski definition) is 4. The van der Waals surface area contributed by atoms with E-state index in [4.69, 9.17) is 16.5 Å². The van der Waals surface area contributed by atoms with Crippen LogP contribution >= 0.6 is 0 Å². The second-order valence-electron chi connectivity index (χ2n) is 15.0. The minimum absolute atomic E-state index is 0.190. The van der Waals surface area contributed by atoms with Crippen molar-refractivity contribution in [3.8, 4) is 22.5 Å². The number of H-pyrrole nitrogens is 1. The summed E-state index contributed by atoms with van der Waals surface area (Å²) in [7, 11) is 1.98. The molecule has 2 aromatic heterocycles. The van der Waals surface area contributed by atoms with Gasteiger partial charge >= 0.3 is 0 Å². The van der Waals surface area contributed by atoms with Gasteiger partial charge < -0.3 is 25.9 Å². The van der Waals surface area contributed by atoms with Crippen LogP contribution in [0.2, 0.25) is 0 Å². The number of hydrazine groups is 1. The lowest BCUT2D eigenvalue weighted by Gasteiger charge is -2.30. The molecule has 2 fully saturated rings. The fourth-order valence-electron chi connectivity index (χ4n) is 7.85. The van der Waals surface area contributed by atoms with E-state index in [1.54, 1.807) is 6.92 Å². The number of fused-ring (bicyclic) bond motifs is 5. The van der Waals surface area contributed by atoms with Gasteiger partial charge in [0.05, 0.1) is 29.7 Å². The molecule has 5 heterocycles. The van der Waals surface area contributed by atoms with Crippen molar-refractivity contribution < 1.29 is 4.79 Å². The first-order valence-corrected chi connectivity index (χ1v) is 18.9. The highest BCUT2D eigenvalue weighted by Crippen LogP contribution is 2.43. The van der Waals surface area contributed by atoms with Crippen molar-refractivity contribution in [2.75, 3.05) is 20.1 Å². The van der Waals surface area contributed by atoms with Gasteiger partial charge in [-0.3, -0.25) is 10.2 Å². The highest BCUT2D eigenvalue weighted by Gasteiger charge is 2.30. The zero-order valence-electron chi connectivity index (χ0n) is 31.7. The Morgan fingerprint density at radius 3 is 2.38 bits per heavy atom. The number of rotatable bonds is 5. The SMILES string of the molecule is CC(=O)N1CCCC1C.CC(C)C.CNN1CCCC1c1ncc(-c2ccc3c(c2)CC(c2ccccc2)n2c-3cc3cc(/C(N)=C/N)ccc32)[nH]1. The van der Waals surface area contributed by atoms with Crippen molar-refractivity contribution >= 4 is 22.5 Å². The number of aromatic amines is 1. The molecular weight excluding hydrogens is 645 g/mol. The van der Waals surface area contributed by atoms with E-state index in [0.29, 0.717) is 11.7 Å². The summed E-state index contributed by atoms with van der Waals surface area (Å²) in [4.78, 5) is 21.1. The summed E-state index contributed by atoms with van der Waals surface area (Å²) in [6.07, 6.45) is 8.99. The number of amides is 1. The zero-order valence-corrected chi connectivity index (χ0v) is 31.7. The second kappa shape index (κ2) is 16.2. The van der Waals surface area contributed by atoms with Gasteiger partial charge in [0, 0.05) is 54.4 Å². The molecule has 3 atom stereocenters. The first-order valence-electron chi connectivity index (χ1n) is 18.9. The molecule has 52 heavy (non-hydrogen) atoms. The third kappa shape index (κ3) is 7.81. The molecule has 3 unspecified atom stereocenters. The van der Waals surface area contributed by atoms with Crippen LogP contribution in [0.1, 0.15) is 94.9 Å². The molecule has 0 radical (unpaired) electrons. The molecule has 274 valence electrons. The van der Waals surface area contributed by atoms with Gasteiger partial charge in [-0.25, -0.2) is 9.99 Å². The number of nitrogens with two attached hydrogens (primary N) is 2. The molecule has 0 aliphatic carbocycles. The molecule has 2 saturated heterocycles. The van der Waals surface area contributed by atoms with E-state index in [1.165, 1.54) is 58.9 Å². The van der Waals surface area contributed by atoms with Crippen molar-refractivity contribution in [2.45, 2.75) is 84.8 Å². The summed E-state index contributed by atoms with van der Waals surface area (Å²) in [6, 6.07) is 27.2. The molecular formula is C43H56N8O. The Hall–Kier alpha value is -4.86. The summed E-state index contributed by atoms with van der Waals surface area (Å²) in [5.41, 5.74) is 25.3. The third-order valence-corrected chi connectivity index (χ3v) is 10.4. The number of carbonyl (C=O) groups excluding carboxylic acids is 1. The lowest BCUT2D eigenvalue weighted by molar-refractivity contribution is -0.129. The number of nitrogens with one attached hydrogen (secondary N) is 2. The fraction of sp³-hybridized carbons (Fsp3) is 0.395. The van der Waals surface area contributed by atoms with Crippen LogP contribution in [0.25, 0.3) is 39.1 Å². The molecule has 0 saturated carbocycles. The van der Waals surface area contributed by atoms with Crippen molar-refractivity contribution in [3.05, 3.63) is 108 Å². The topological polar surface area (TPSA) is 121 Å². The predicted molar refractivity (Wildman–Crippen MR) is 214 cm³/mol. The number of likely N-dealkylation sites (tertiary alicyclic amines) is 1. The lowest BCUT2D eigenvalue weighted by atomic mass is 9.88. The van der Waals surface area contributed by atoms with Gasteiger partial charge in [-0.1, -0.05) is 69.3 Å². The van der Waals surface area contributed by atoms with Crippen molar-refractivity contribution in [1.82, 2.24) is 29.9 Å². The Kier molecular flexibility index (Phi) is 11.5. The average Bonchev–Trinajstić information content (AvgIpc) is 3.97. The molecule has 0 bridgehead atoms. The first kappa shape index (κ1) is 36.9. The monoisotopic (exact) mass is 700 g/mol. The van der Waals surface area contributed by atoms with E-state index >= 15 is 0 Å². The molecule has 8 rings (SSSR count). The summed E-state index contributed by atoms with van der Waals surface area (Å²) < 4.78 is 2.49. The van der Waals surface area contributed by atoms with Gasteiger partial charge in [0.25, 0.3) is 0 Å². The van der Waals surface area contributed by atoms with E-state index in [2.05, 4.69) is 120 Å². The molecule has 9 heteroatoms. The van der Waals surface area contributed by atoms with Crippen LogP contribution in [-0.2, 0) is 11.2 Å². The van der Waals surface area contributed by atoms with Crippen LogP contribution in [0.3, 0.4) is 0 Å². The Morgan fingerprint density at radius 2 is 1.73 bits per heavy atom. The van der Waals surface area contributed by atoms with E-state index in [9.17, 15) is 4.79 Å². The maximum Gasteiger partial charge on any atom is 0.219 e. The largest absolute Gasteiger partial charge is 0.403 e. The molecule has 0 spiro atoms. The summed E-state index contributed by atoms with van der Waals surface area (Å²) in [6.45, 7) is 12.3. The standard InChI is InChI=1S/C32H33N7.C7H13NO.C4H10/c1-35-38-13-5-8-29(38)32-36-19-27(37-32)22-9-11-25-23(15-22)16-30(20-6-3-2-4-7-20)39-28-12-10-21(26(34)18-33)14-24(28)17-31(25)39;1-6-4-3-5-8(6)7(2)9;1-4(2)3/h2-4,6-7,9-12,14-15,17-19,29-30,35H,5,8,13,16,33-34H2,1H3,(H,36,37);6H,3-5H2,1-2H3;4H,1-3H3/b26-18-;;. The molecule has 3 aromatic carbocycles. The number of carbonyl (C=O) groups is 1. The van der Waals surface area contributed by atoms with Gasteiger partial charge in [-0.2, -0.15) is 0 Å². The van der Waals surface area contributed by atoms with Gasteiger partial charge in [0.1, 0.15) is 5.82 Å². The molecule has 3 aliphatic rings. The maximum absolute atomic E-state index is 10.8. The first-order chi connectivity index (χ1) is 25.1. The number of benzene rings is 3. The maximum atomic E-state index is 10.8. The quantitative estimate of drug-likeness (QED) is 0.147. The summed E-state index contributed by atoms with van der Waals surface area (Å²) in [5.74, 6) is 2.08. The molecule has 9 nitrogen and oxygen atoms in total. The fourth-order valence-corrected chi connectivity index (χ4v) is 7.85. The number of aromatic nitrogens is 3. The smallest absolute Gasteiger partial charge is 0.219 e. The second-order valence-corrected chi connectivity index (χ2v) is 15.0. The average molecular weight is 701 g/mol. The van der Waals surface area contributed by atoms with E-state index in [0.717, 1.165) is 54.3 Å². The van der Waals surface area contributed by atoms with E-state index < -0.39 is 0 Å². The van der Waals surface area contributed by atoms with Crippen LogP contribution in [0, 0.1) is 5.92 Å².